The first-order valence-corrected chi connectivity index (χ1v) is 25.7. The topological polar surface area (TPSA) is 175 Å². The molecule has 6 heterocycles. The summed E-state index contributed by atoms with van der Waals surface area (Å²) in [5.41, 5.74) is 8.75. The maximum Gasteiger partial charge on any atom is 0.324 e. The fourth-order valence-electron chi connectivity index (χ4n) is 9.59. The molecule has 2 fully saturated rings. The van der Waals surface area contributed by atoms with E-state index in [0.717, 1.165) is 44.7 Å². The van der Waals surface area contributed by atoms with Gasteiger partial charge in [0.2, 0.25) is 5.91 Å². The van der Waals surface area contributed by atoms with E-state index in [1.165, 1.54) is 21.2 Å². The van der Waals surface area contributed by atoms with Crippen molar-refractivity contribution in [3.8, 4) is 34.4 Å². The van der Waals surface area contributed by atoms with Crippen LogP contribution in [0.15, 0.2) is 41.9 Å². The molecule has 0 spiro atoms. The zero-order chi connectivity index (χ0) is 51.5. The number of esters is 1. The molecule has 2 saturated heterocycles. The number of thiazole rings is 1. The monoisotopic (exact) mass is 993 g/mol. The molecule has 3 aliphatic heterocycles. The number of nitrogens with zero attached hydrogens (tertiary/aromatic N) is 8. The molecule has 3 aromatic heterocycles. The van der Waals surface area contributed by atoms with Gasteiger partial charge in [0, 0.05) is 98.9 Å². The van der Waals surface area contributed by atoms with E-state index < -0.39 is 46.9 Å². The van der Waals surface area contributed by atoms with Crippen LogP contribution in [0, 0.1) is 23.2 Å². The molecule has 0 aliphatic carbocycles. The van der Waals surface area contributed by atoms with Crippen LogP contribution in [-0.2, 0) is 48.0 Å². The number of fused-ring (bicyclic) bond motifs is 6. The standard InChI is InChI=1S/C53H72N10O7S/c1-13-62-42-19-18-35-28-37(42)38(47(62)36-16-14-22-54-45(36)34(4)69-12)30-52(5,6)32-70-50(67)39-17-15-23-63(57-39)49(66)40(29-43-55-41(35)31-71-43)56-48(65)46(33(2)3)59(11)51(68)61-26-24-60(25-27-61)44(64)20-21-53(7,8)58(9)10/h14,16,18-19,22,28,31,33-34,39-40,46,57H,13,15,17,23-27,29-30,32H2,1-12H3,(H,56,65)/t34-,39-,40-,46?/m0/s1. The number of cyclic esters (lactones) is 1. The highest BCUT2D eigenvalue weighted by molar-refractivity contribution is 7.10. The van der Waals surface area contributed by atoms with Gasteiger partial charge >= 0.3 is 12.0 Å². The van der Waals surface area contributed by atoms with Gasteiger partial charge < -0.3 is 34.1 Å². The van der Waals surface area contributed by atoms with Crippen LogP contribution in [0.1, 0.15) is 90.6 Å². The Bertz CT molecular complexity index is 2690. The SMILES string of the molecule is CCn1c(-c2cccnc2[C@H](C)OC)c2c3cc(ccc31)-c1csc(n1)C[C@H](NC(=O)C(C(C)C)N(C)C(=O)N1CCN(C(=O)C#CC(C)(C)N(C)C)CC1)C(=O)N1CCC[C@H](N1)C(=O)OCC(C)(C)C2. The van der Waals surface area contributed by atoms with Crippen LogP contribution in [0.2, 0.25) is 0 Å². The van der Waals surface area contributed by atoms with Gasteiger partial charge in [-0.3, -0.25) is 34.1 Å². The highest BCUT2D eigenvalue weighted by Crippen LogP contribution is 2.42. The first kappa shape index (κ1) is 52.9. The number of aryl methyl sites for hydroxylation is 1. The summed E-state index contributed by atoms with van der Waals surface area (Å²) in [6.07, 6.45) is 3.16. The Labute approximate surface area is 422 Å². The van der Waals surface area contributed by atoms with E-state index >= 15 is 0 Å². The lowest BCUT2D eigenvalue weighted by Gasteiger charge is -2.39. The second-order valence-electron chi connectivity index (χ2n) is 20.8. The Hall–Kier alpha value is -5.87. The van der Waals surface area contributed by atoms with Crippen LogP contribution in [0.5, 0.6) is 0 Å². The number of carbonyl (C=O) groups is 5. The molecule has 0 radical (unpaired) electrons. The molecule has 382 valence electrons. The molecule has 3 aliphatic rings. The maximum atomic E-state index is 14.7. The van der Waals surface area contributed by atoms with Gasteiger partial charge in [0.15, 0.2) is 0 Å². The number of urea groups is 1. The number of amides is 5. The summed E-state index contributed by atoms with van der Waals surface area (Å²) in [4.78, 5) is 86.9. The fraction of sp³-hybridized carbons (Fsp3) is 0.566. The highest BCUT2D eigenvalue weighted by atomic mass is 32.1. The number of carbonyl (C=O) groups excluding carboxylic acids is 5. The summed E-state index contributed by atoms with van der Waals surface area (Å²) in [5.74, 6) is 3.79. The van der Waals surface area contributed by atoms with E-state index in [0.29, 0.717) is 50.4 Å². The number of hydrazine groups is 1. The molecule has 4 aromatic rings. The van der Waals surface area contributed by atoms with Gasteiger partial charge in [0.25, 0.3) is 11.8 Å². The number of likely N-dealkylation sites (N-methyl/N-ethyl adjacent to an activating group) is 1. The van der Waals surface area contributed by atoms with Crippen molar-refractivity contribution < 1.29 is 33.4 Å². The van der Waals surface area contributed by atoms with E-state index in [1.54, 1.807) is 30.2 Å². The minimum Gasteiger partial charge on any atom is -0.464 e. The van der Waals surface area contributed by atoms with E-state index in [-0.39, 0.29) is 50.1 Å². The third kappa shape index (κ3) is 11.6. The van der Waals surface area contributed by atoms with Crippen molar-refractivity contribution in [1.82, 2.24) is 49.9 Å². The lowest BCUT2D eigenvalue weighted by atomic mass is 9.84. The van der Waals surface area contributed by atoms with Crippen LogP contribution >= 0.6 is 11.3 Å². The Kier molecular flexibility index (Phi) is 16.3. The van der Waals surface area contributed by atoms with Gasteiger partial charge in [-0.15, -0.1) is 11.3 Å². The summed E-state index contributed by atoms with van der Waals surface area (Å²) in [6, 6.07) is 7.20. The average molecular weight is 993 g/mol. The van der Waals surface area contributed by atoms with Gasteiger partial charge in [0.1, 0.15) is 18.1 Å². The molecule has 5 amide bonds. The normalized spacial score (nSPS) is 19.7. The Balaban J connectivity index is 1.19. The third-order valence-electron chi connectivity index (χ3n) is 14.2. The van der Waals surface area contributed by atoms with Crippen molar-refractivity contribution >= 4 is 52.0 Å². The van der Waals surface area contributed by atoms with Crippen LogP contribution < -0.4 is 10.7 Å². The Morgan fingerprint density at radius 1 is 1.06 bits per heavy atom. The third-order valence-corrected chi connectivity index (χ3v) is 15.1. The summed E-state index contributed by atoms with van der Waals surface area (Å²) in [6.45, 7) is 18.2. The van der Waals surface area contributed by atoms with Crippen molar-refractivity contribution in [2.75, 3.05) is 67.6 Å². The minimum absolute atomic E-state index is 0.0646. The molecule has 0 saturated carbocycles. The summed E-state index contributed by atoms with van der Waals surface area (Å²) >= 11 is 1.40. The highest BCUT2D eigenvalue weighted by Gasteiger charge is 2.39. The predicted octanol–water partition coefficient (Wildman–Crippen LogP) is 5.77. The molecule has 2 N–H and O–H groups in total. The smallest absolute Gasteiger partial charge is 0.324 e. The van der Waals surface area contributed by atoms with Crippen molar-refractivity contribution in [3.63, 3.8) is 0 Å². The molecule has 18 heteroatoms. The van der Waals surface area contributed by atoms with Gasteiger partial charge in [-0.05, 0) is 103 Å². The average Bonchev–Trinajstić information content (AvgIpc) is 3.95. The molecule has 6 bridgehead atoms. The lowest BCUT2D eigenvalue weighted by Crippen LogP contribution is -2.63. The van der Waals surface area contributed by atoms with Crippen molar-refractivity contribution in [1.29, 1.82) is 0 Å². The van der Waals surface area contributed by atoms with Crippen LogP contribution in [-0.4, -0.2) is 160 Å². The number of piperazine rings is 1. The number of aromatic nitrogens is 3. The molecule has 17 nitrogen and oxygen atoms in total. The second kappa shape index (κ2) is 21.9. The van der Waals surface area contributed by atoms with Crippen LogP contribution in [0.3, 0.4) is 0 Å². The fourth-order valence-corrected chi connectivity index (χ4v) is 10.4. The number of methoxy groups -OCH3 is 1. The lowest BCUT2D eigenvalue weighted by molar-refractivity contribution is -0.155. The molecule has 71 heavy (non-hydrogen) atoms. The number of benzene rings is 1. The number of pyridine rings is 1. The summed E-state index contributed by atoms with van der Waals surface area (Å²) in [7, 11) is 7.09. The zero-order valence-corrected chi connectivity index (χ0v) is 44.4. The van der Waals surface area contributed by atoms with Crippen LogP contribution in [0.25, 0.3) is 33.4 Å². The largest absolute Gasteiger partial charge is 0.464 e. The second-order valence-corrected chi connectivity index (χ2v) is 21.8. The maximum absolute atomic E-state index is 14.7. The number of nitrogens with one attached hydrogen (secondary N) is 2. The van der Waals surface area contributed by atoms with Gasteiger partial charge in [-0.1, -0.05) is 39.7 Å². The molecular formula is C53H72N10O7S. The molecular weight excluding hydrogens is 921 g/mol. The summed E-state index contributed by atoms with van der Waals surface area (Å²) < 4.78 is 14.3. The zero-order valence-electron chi connectivity index (χ0n) is 43.6. The van der Waals surface area contributed by atoms with E-state index in [9.17, 15) is 24.0 Å². The van der Waals surface area contributed by atoms with Gasteiger partial charge in [0.05, 0.1) is 40.3 Å². The number of rotatable bonds is 9. The summed E-state index contributed by atoms with van der Waals surface area (Å²) in [5, 5.41) is 8.10. The quantitative estimate of drug-likeness (QED) is 0.154. The van der Waals surface area contributed by atoms with Gasteiger partial charge in [-0.2, -0.15) is 0 Å². The van der Waals surface area contributed by atoms with Crippen LogP contribution in [0.4, 0.5) is 4.79 Å². The van der Waals surface area contributed by atoms with Gasteiger partial charge in [-0.25, -0.2) is 15.2 Å². The van der Waals surface area contributed by atoms with Crippen molar-refractivity contribution in [3.05, 3.63) is 58.2 Å². The van der Waals surface area contributed by atoms with Crippen molar-refractivity contribution in [2.45, 2.75) is 117 Å². The number of hydrogen-bond acceptors (Lipinski definition) is 12. The van der Waals surface area contributed by atoms with E-state index in [4.69, 9.17) is 19.4 Å². The van der Waals surface area contributed by atoms with E-state index in [1.807, 2.05) is 65.1 Å². The first-order valence-electron chi connectivity index (χ1n) is 24.8. The first-order chi connectivity index (χ1) is 33.6. The van der Waals surface area contributed by atoms with Crippen molar-refractivity contribution in [2.24, 2.45) is 11.3 Å². The number of ether oxygens (including phenoxy) is 2. The van der Waals surface area contributed by atoms with E-state index in [2.05, 4.69) is 72.2 Å². The Morgan fingerprint density at radius 2 is 1.77 bits per heavy atom. The molecule has 4 atom stereocenters. The molecule has 1 unspecified atom stereocenters. The Morgan fingerprint density at radius 3 is 2.45 bits per heavy atom. The molecule has 7 rings (SSSR count). The molecule has 1 aromatic carbocycles. The minimum atomic E-state index is -1.10. The number of hydrogen-bond donors (Lipinski definition) is 2. The predicted molar refractivity (Wildman–Crippen MR) is 275 cm³/mol.